The predicted octanol–water partition coefficient (Wildman–Crippen LogP) is 2.81. The molecule has 0 radical (unpaired) electrons. The van der Waals surface area contributed by atoms with Crippen molar-refractivity contribution in [1.29, 1.82) is 0 Å². The quantitative estimate of drug-likeness (QED) is 0.426. The van der Waals surface area contributed by atoms with Crippen molar-refractivity contribution in [3.05, 3.63) is 126 Å². The Kier molecular flexibility index (Phi) is 8.66. The molecule has 0 N–H and O–H groups in total. The Labute approximate surface area is 194 Å². The van der Waals surface area contributed by atoms with Gasteiger partial charge in [-0.05, 0) is 28.8 Å². The molecule has 0 spiro atoms. The zero-order valence-electron chi connectivity index (χ0n) is 17.5. The van der Waals surface area contributed by atoms with E-state index in [4.69, 9.17) is 23.1 Å². The van der Waals surface area contributed by atoms with Crippen LogP contribution in [0.25, 0.3) is 35.4 Å². The second kappa shape index (κ2) is 11.9. The molecule has 0 atom stereocenters. The van der Waals surface area contributed by atoms with E-state index in [-0.39, 0.29) is 0 Å². The van der Waals surface area contributed by atoms with Crippen molar-refractivity contribution in [2.45, 2.75) is 0 Å². The Bertz CT molecular complexity index is 1110. The average Bonchev–Trinajstić information content (AvgIpc) is 2.82. The third-order valence-corrected chi connectivity index (χ3v) is 4.42. The lowest BCUT2D eigenvalue weighted by atomic mass is 10.0. The van der Waals surface area contributed by atoms with Crippen molar-refractivity contribution in [2.75, 3.05) is 0 Å². The molecule has 0 amide bonds. The van der Waals surface area contributed by atoms with E-state index >= 15 is 0 Å². The van der Waals surface area contributed by atoms with Crippen molar-refractivity contribution in [3.8, 4) is 11.1 Å². The Balaban J connectivity index is 0.000000555. The standard InChI is InChI=1S/C27H21O.ClHO4/c1-4-10-22(11-5-1)16-18-26-20-25(24-14-8-3-9-15-24)21-27(28-26)19-17-23-12-6-2-7-13-23;2-1(3,4)5/h1-21H;(H,2,3,4,5)/q+1;/p-1. The molecular formula is C27H21ClO5. The molecule has 0 aliphatic heterocycles. The monoisotopic (exact) mass is 460 g/mol. The fourth-order valence-electron chi connectivity index (χ4n) is 2.99. The van der Waals surface area contributed by atoms with Gasteiger partial charge in [0.05, 0.1) is 12.1 Å². The van der Waals surface area contributed by atoms with Gasteiger partial charge in [-0.2, -0.15) is 0 Å². The summed E-state index contributed by atoms with van der Waals surface area (Å²) in [6, 6.07) is 35.0. The van der Waals surface area contributed by atoms with Crippen LogP contribution in [0.15, 0.2) is 108 Å². The van der Waals surface area contributed by atoms with Crippen LogP contribution in [0.4, 0.5) is 0 Å². The maximum atomic E-state index is 8.49. The molecule has 5 nitrogen and oxygen atoms in total. The largest absolute Gasteiger partial charge is 0.354 e. The number of halogens is 1. The first-order valence-electron chi connectivity index (χ1n) is 9.98. The summed E-state index contributed by atoms with van der Waals surface area (Å²) in [5.74, 6) is 1.64. The Morgan fingerprint density at radius 1 is 0.485 bits per heavy atom. The van der Waals surface area contributed by atoms with Crippen molar-refractivity contribution in [3.63, 3.8) is 0 Å². The molecule has 0 saturated heterocycles. The second-order valence-electron chi connectivity index (χ2n) is 6.88. The van der Waals surface area contributed by atoms with Crippen LogP contribution in [-0.2, 0) is 0 Å². The highest BCUT2D eigenvalue weighted by molar-refractivity contribution is 5.75. The topological polar surface area (TPSA) is 104 Å². The Hall–Kier alpha value is -3.58. The molecule has 0 aliphatic carbocycles. The van der Waals surface area contributed by atoms with Crippen molar-refractivity contribution in [2.24, 2.45) is 0 Å². The zero-order valence-corrected chi connectivity index (χ0v) is 18.3. The van der Waals surface area contributed by atoms with Crippen LogP contribution in [0, 0.1) is 10.2 Å². The van der Waals surface area contributed by atoms with Gasteiger partial charge in [0.15, 0.2) is 0 Å². The zero-order chi connectivity index (χ0) is 23.5. The van der Waals surface area contributed by atoms with E-state index in [1.165, 1.54) is 5.56 Å². The molecule has 1 aromatic heterocycles. The van der Waals surface area contributed by atoms with E-state index in [0.717, 1.165) is 28.2 Å². The molecule has 3 aromatic carbocycles. The third kappa shape index (κ3) is 9.21. The van der Waals surface area contributed by atoms with Crippen LogP contribution < -0.4 is 18.6 Å². The van der Waals surface area contributed by atoms with E-state index in [9.17, 15) is 0 Å². The smallest absolute Gasteiger partial charge is 0.222 e. The van der Waals surface area contributed by atoms with Crippen molar-refractivity contribution in [1.82, 2.24) is 0 Å². The van der Waals surface area contributed by atoms with E-state index in [2.05, 4.69) is 72.8 Å². The molecule has 0 fully saturated rings. The maximum Gasteiger partial charge on any atom is 0.354 e. The summed E-state index contributed by atoms with van der Waals surface area (Å²) in [7, 11) is -4.94. The highest BCUT2D eigenvalue weighted by Crippen LogP contribution is 2.24. The summed E-state index contributed by atoms with van der Waals surface area (Å²) in [6.45, 7) is 0. The van der Waals surface area contributed by atoms with Crippen molar-refractivity contribution < 1.29 is 33.3 Å². The van der Waals surface area contributed by atoms with Gasteiger partial charge in [-0.1, -0.05) is 91.0 Å². The summed E-state index contributed by atoms with van der Waals surface area (Å²) >= 11 is 0. The molecule has 0 unspecified atom stereocenters. The lowest BCUT2D eigenvalue weighted by Gasteiger charge is -2.17. The van der Waals surface area contributed by atoms with Gasteiger partial charge in [-0.25, -0.2) is 23.1 Å². The van der Waals surface area contributed by atoms with Crippen LogP contribution in [0.3, 0.4) is 0 Å². The van der Waals surface area contributed by atoms with Crippen LogP contribution in [-0.4, -0.2) is 0 Å². The highest BCUT2D eigenvalue weighted by Gasteiger charge is 2.13. The van der Waals surface area contributed by atoms with Crippen LogP contribution in [0.5, 0.6) is 0 Å². The maximum absolute atomic E-state index is 8.49. The lowest BCUT2D eigenvalue weighted by Crippen LogP contribution is -2.68. The Morgan fingerprint density at radius 3 is 1.24 bits per heavy atom. The van der Waals surface area contributed by atoms with Gasteiger partial charge >= 0.3 is 11.5 Å². The summed E-state index contributed by atoms with van der Waals surface area (Å²) in [4.78, 5) is 0. The minimum absolute atomic E-state index is 0.818. The molecule has 6 heteroatoms. The summed E-state index contributed by atoms with van der Waals surface area (Å²) in [5.41, 5.74) is 4.59. The van der Waals surface area contributed by atoms with Gasteiger partial charge in [0.25, 0.3) is 0 Å². The molecular weight excluding hydrogens is 440 g/mol. The van der Waals surface area contributed by atoms with Gasteiger partial charge in [0.2, 0.25) is 0 Å². The van der Waals surface area contributed by atoms with Gasteiger partial charge in [-0.3, -0.25) is 0 Å². The van der Waals surface area contributed by atoms with E-state index in [1.54, 1.807) is 0 Å². The first kappa shape index (κ1) is 24.1. The van der Waals surface area contributed by atoms with Gasteiger partial charge in [0.1, 0.15) is 0 Å². The first-order valence-corrected chi connectivity index (χ1v) is 11.2. The SMILES string of the molecule is C(=Cc1cc(-c2ccccc2)cc(C=Cc2ccccc2)[o+]1)c1ccccc1.[O-][Cl+3]([O-])([O-])[O-]. The van der Waals surface area contributed by atoms with Gasteiger partial charge < -0.3 is 0 Å². The fraction of sp³-hybridized carbons (Fsp3) is 0. The molecule has 0 aliphatic rings. The molecule has 1 heterocycles. The minimum Gasteiger partial charge on any atom is -0.222 e. The molecule has 33 heavy (non-hydrogen) atoms. The molecule has 0 saturated carbocycles. The van der Waals surface area contributed by atoms with Crippen LogP contribution in [0.2, 0.25) is 0 Å². The molecule has 4 aromatic rings. The summed E-state index contributed by atoms with van der Waals surface area (Å²) in [6.07, 6.45) is 8.17. The average molecular weight is 461 g/mol. The normalized spacial score (nSPS) is 11.4. The minimum atomic E-state index is -4.94. The lowest BCUT2D eigenvalue weighted by molar-refractivity contribution is -2.00. The first-order chi connectivity index (χ1) is 15.9. The van der Waals surface area contributed by atoms with Crippen LogP contribution in [0.1, 0.15) is 22.6 Å². The summed E-state index contributed by atoms with van der Waals surface area (Å²) in [5, 5.41) is 0. The fourth-order valence-corrected chi connectivity index (χ4v) is 2.99. The number of rotatable bonds is 5. The molecule has 166 valence electrons. The van der Waals surface area contributed by atoms with E-state index in [0.29, 0.717) is 0 Å². The molecule has 4 rings (SSSR count). The van der Waals surface area contributed by atoms with E-state index < -0.39 is 10.2 Å². The predicted molar refractivity (Wildman–Crippen MR) is 119 cm³/mol. The van der Waals surface area contributed by atoms with E-state index in [1.807, 2.05) is 54.6 Å². The van der Waals surface area contributed by atoms with Gasteiger partial charge in [-0.15, -0.1) is 10.2 Å². The van der Waals surface area contributed by atoms with Gasteiger partial charge in [0, 0.05) is 17.7 Å². The number of hydrogen-bond donors (Lipinski definition) is 0. The summed E-state index contributed by atoms with van der Waals surface area (Å²) < 4.78 is 40.1. The second-order valence-corrected chi connectivity index (χ2v) is 7.64. The van der Waals surface area contributed by atoms with Crippen molar-refractivity contribution >= 4 is 24.3 Å². The Morgan fingerprint density at radius 2 is 0.848 bits per heavy atom. The highest BCUT2D eigenvalue weighted by atomic mass is 35.7. The number of hydrogen-bond acceptors (Lipinski definition) is 4. The van der Waals surface area contributed by atoms with Crippen LogP contribution >= 0.6 is 0 Å². The number of benzene rings is 3. The molecule has 0 bridgehead atoms. The third-order valence-electron chi connectivity index (χ3n) is 4.42.